The maximum Gasteiger partial charge on any atom is 0.220 e. The van der Waals surface area contributed by atoms with E-state index >= 15 is 0 Å². The number of benzene rings is 1. The van der Waals surface area contributed by atoms with Crippen LogP contribution in [0.15, 0.2) is 18.2 Å². The Hall–Kier alpha value is -1.26. The van der Waals surface area contributed by atoms with Crippen molar-refractivity contribution in [1.29, 1.82) is 0 Å². The van der Waals surface area contributed by atoms with Gasteiger partial charge in [-0.3, -0.25) is 4.79 Å². The van der Waals surface area contributed by atoms with Gasteiger partial charge in [-0.05, 0) is 55.5 Å². The van der Waals surface area contributed by atoms with Crippen molar-refractivity contribution < 1.29 is 9.53 Å². The molecule has 1 unspecified atom stereocenters. The zero-order chi connectivity index (χ0) is 14.5. The van der Waals surface area contributed by atoms with E-state index in [0.717, 1.165) is 51.3 Å². The molecule has 0 saturated carbocycles. The smallest absolute Gasteiger partial charge is 0.220 e. The van der Waals surface area contributed by atoms with Gasteiger partial charge in [-0.2, -0.15) is 0 Å². The standard InChI is InChI=1S/C17H24N2O2.ClH/c20-17(4-2-14-5-8-18-12-14)19-9-6-13-1-3-16-15(11-13)7-10-21-16;/h1,3,11,14,18H,2,4-10,12H2,(H,19,20);1H. The number of carbonyl (C=O) groups is 1. The van der Waals surface area contributed by atoms with E-state index < -0.39 is 0 Å². The number of rotatable bonds is 6. The minimum absolute atomic E-state index is 0. The van der Waals surface area contributed by atoms with Crippen LogP contribution in [0.25, 0.3) is 0 Å². The fourth-order valence-electron chi connectivity index (χ4n) is 3.13. The van der Waals surface area contributed by atoms with Crippen molar-refractivity contribution in [2.45, 2.75) is 32.1 Å². The largest absolute Gasteiger partial charge is 0.493 e. The molecule has 0 radical (unpaired) electrons. The van der Waals surface area contributed by atoms with Crippen molar-refractivity contribution in [3.63, 3.8) is 0 Å². The maximum atomic E-state index is 11.8. The second-order valence-electron chi connectivity index (χ2n) is 6.04. The highest BCUT2D eigenvalue weighted by Crippen LogP contribution is 2.25. The lowest BCUT2D eigenvalue weighted by Crippen LogP contribution is -2.26. The van der Waals surface area contributed by atoms with Gasteiger partial charge in [0.2, 0.25) is 5.91 Å². The molecule has 1 amide bonds. The Kier molecular flexibility index (Phi) is 6.52. The predicted molar refractivity (Wildman–Crippen MR) is 89.8 cm³/mol. The molecule has 0 aromatic heterocycles. The zero-order valence-electron chi connectivity index (χ0n) is 12.9. The first-order valence-electron chi connectivity index (χ1n) is 8.03. The van der Waals surface area contributed by atoms with Crippen molar-refractivity contribution in [1.82, 2.24) is 10.6 Å². The van der Waals surface area contributed by atoms with Gasteiger partial charge in [0.25, 0.3) is 0 Å². The summed E-state index contributed by atoms with van der Waals surface area (Å²) in [7, 11) is 0. The molecule has 1 aromatic rings. The molecule has 0 aliphatic carbocycles. The summed E-state index contributed by atoms with van der Waals surface area (Å²) in [5.74, 6) is 1.90. The summed E-state index contributed by atoms with van der Waals surface area (Å²) in [6.07, 6.45) is 4.78. The topological polar surface area (TPSA) is 50.4 Å². The second-order valence-corrected chi connectivity index (χ2v) is 6.04. The normalized spacial score (nSPS) is 19.2. The van der Waals surface area contributed by atoms with Crippen LogP contribution in [0.5, 0.6) is 5.75 Å². The number of fused-ring (bicyclic) bond motifs is 1. The molecule has 4 nitrogen and oxygen atoms in total. The fraction of sp³-hybridized carbons (Fsp3) is 0.588. The van der Waals surface area contributed by atoms with Crippen molar-refractivity contribution in [3.05, 3.63) is 29.3 Å². The number of carbonyl (C=O) groups excluding carboxylic acids is 1. The summed E-state index contributed by atoms with van der Waals surface area (Å²) in [6, 6.07) is 6.35. The highest BCUT2D eigenvalue weighted by molar-refractivity contribution is 5.85. The minimum Gasteiger partial charge on any atom is -0.493 e. The van der Waals surface area contributed by atoms with E-state index in [4.69, 9.17) is 4.74 Å². The fourth-order valence-corrected chi connectivity index (χ4v) is 3.13. The molecular weight excluding hydrogens is 300 g/mol. The molecule has 3 rings (SSSR count). The lowest BCUT2D eigenvalue weighted by molar-refractivity contribution is -0.121. The van der Waals surface area contributed by atoms with Gasteiger partial charge >= 0.3 is 0 Å². The Morgan fingerprint density at radius 2 is 2.32 bits per heavy atom. The Bertz CT molecular complexity index is 501. The van der Waals surface area contributed by atoms with Gasteiger partial charge in [0.15, 0.2) is 0 Å². The molecule has 2 heterocycles. The van der Waals surface area contributed by atoms with E-state index in [1.165, 1.54) is 17.5 Å². The van der Waals surface area contributed by atoms with Gasteiger partial charge in [0, 0.05) is 19.4 Å². The third-order valence-corrected chi connectivity index (χ3v) is 4.43. The molecule has 2 aliphatic rings. The lowest BCUT2D eigenvalue weighted by atomic mass is 10.0. The first-order chi connectivity index (χ1) is 10.3. The summed E-state index contributed by atoms with van der Waals surface area (Å²) in [6.45, 7) is 3.70. The van der Waals surface area contributed by atoms with Crippen LogP contribution in [0, 0.1) is 5.92 Å². The lowest BCUT2D eigenvalue weighted by Gasteiger charge is -2.09. The number of amides is 1. The molecule has 122 valence electrons. The van der Waals surface area contributed by atoms with Gasteiger partial charge in [-0.25, -0.2) is 0 Å². The Labute approximate surface area is 138 Å². The summed E-state index contributed by atoms with van der Waals surface area (Å²) in [5, 5.41) is 6.37. The van der Waals surface area contributed by atoms with Crippen LogP contribution >= 0.6 is 12.4 Å². The van der Waals surface area contributed by atoms with Crippen molar-refractivity contribution in [3.8, 4) is 5.75 Å². The van der Waals surface area contributed by atoms with E-state index in [1.807, 2.05) is 6.07 Å². The average molecular weight is 325 g/mol. The molecule has 2 aliphatic heterocycles. The van der Waals surface area contributed by atoms with E-state index in [2.05, 4.69) is 22.8 Å². The number of halogens is 1. The Morgan fingerprint density at radius 3 is 3.14 bits per heavy atom. The van der Waals surface area contributed by atoms with Crippen LogP contribution in [-0.2, 0) is 17.6 Å². The number of ether oxygens (including phenoxy) is 1. The van der Waals surface area contributed by atoms with Gasteiger partial charge in [-0.15, -0.1) is 12.4 Å². The van der Waals surface area contributed by atoms with Crippen molar-refractivity contribution in [2.75, 3.05) is 26.2 Å². The molecule has 2 N–H and O–H groups in total. The van der Waals surface area contributed by atoms with Crippen molar-refractivity contribution in [2.24, 2.45) is 5.92 Å². The Morgan fingerprint density at radius 1 is 1.41 bits per heavy atom. The number of hydrogen-bond donors (Lipinski definition) is 2. The van der Waals surface area contributed by atoms with Crippen LogP contribution in [0.2, 0.25) is 0 Å². The van der Waals surface area contributed by atoms with Gasteiger partial charge in [0.05, 0.1) is 6.61 Å². The van der Waals surface area contributed by atoms with Gasteiger partial charge in [0.1, 0.15) is 5.75 Å². The van der Waals surface area contributed by atoms with E-state index in [1.54, 1.807) is 0 Å². The highest BCUT2D eigenvalue weighted by Gasteiger charge is 2.15. The summed E-state index contributed by atoms with van der Waals surface area (Å²) < 4.78 is 5.50. The van der Waals surface area contributed by atoms with Crippen LogP contribution < -0.4 is 15.4 Å². The molecule has 1 aromatic carbocycles. The van der Waals surface area contributed by atoms with Gasteiger partial charge < -0.3 is 15.4 Å². The maximum absolute atomic E-state index is 11.8. The highest BCUT2D eigenvalue weighted by atomic mass is 35.5. The summed E-state index contributed by atoms with van der Waals surface area (Å²) in [4.78, 5) is 11.8. The van der Waals surface area contributed by atoms with Crippen molar-refractivity contribution >= 4 is 18.3 Å². The predicted octanol–water partition coefficient (Wildman–Crippen LogP) is 2.09. The molecule has 1 fully saturated rings. The van der Waals surface area contributed by atoms with Crippen LogP contribution in [0.3, 0.4) is 0 Å². The first kappa shape index (κ1) is 17.1. The monoisotopic (exact) mass is 324 g/mol. The third kappa shape index (κ3) is 4.62. The third-order valence-electron chi connectivity index (χ3n) is 4.43. The molecule has 5 heteroatoms. The minimum atomic E-state index is 0. The quantitative estimate of drug-likeness (QED) is 0.842. The van der Waals surface area contributed by atoms with E-state index in [9.17, 15) is 4.79 Å². The first-order valence-corrected chi connectivity index (χ1v) is 8.03. The SMILES string of the molecule is Cl.O=C(CCC1CCNC1)NCCc1ccc2c(c1)CCO2. The van der Waals surface area contributed by atoms with E-state index in [0.29, 0.717) is 12.3 Å². The van der Waals surface area contributed by atoms with Crippen LogP contribution in [0.4, 0.5) is 0 Å². The molecule has 0 bridgehead atoms. The summed E-state index contributed by atoms with van der Waals surface area (Å²) >= 11 is 0. The second kappa shape index (κ2) is 8.39. The Balaban J connectivity index is 0.00000176. The van der Waals surface area contributed by atoms with E-state index in [-0.39, 0.29) is 18.3 Å². The average Bonchev–Trinajstić information content (AvgIpc) is 3.16. The van der Waals surface area contributed by atoms with Crippen LogP contribution in [-0.4, -0.2) is 32.1 Å². The summed E-state index contributed by atoms with van der Waals surface area (Å²) in [5.41, 5.74) is 2.58. The molecule has 1 atom stereocenters. The molecular formula is C17H25ClN2O2. The van der Waals surface area contributed by atoms with Crippen LogP contribution in [0.1, 0.15) is 30.4 Å². The zero-order valence-corrected chi connectivity index (χ0v) is 13.7. The van der Waals surface area contributed by atoms with Gasteiger partial charge in [-0.1, -0.05) is 12.1 Å². The molecule has 22 heavy (non-hydrogen) atoms. The molecule has 0 spiro atoms. The molecule has 1 saturated heterocycles. The number of hydrogen-bond acceptors (Lipinski definition) is 3. The number of nitrogens with one attached hydrogen (secondary N) is 2.